The van der Waals surface area contributed by atoms with Crippen LogP contribution in [0.3, 0.4) is 0 Å². The molecule has 2 heteroatoms. The summed E-state index contributed by atoms with van der Waals surface area (Å²) < 4.78 is 0. The molecule has 0 N–H and O–H groups in total. The second-order valence-corrected chi connectivity index (χ2v) is 24.6. The van der Waals surface area contributed by atoms with Gasteiger partial charge in [-0.15, -0.1) is 0 Å². The van der Waals surface area contributed by atoms with Crippen LogP contribution in [0.5, 0.6) is 0 Å². The summed E-state index contributed by atoms with van der Waals surface area (Å²) in [5, 5.41) is 2.57. The van der Waals surface area contributed by atoms with Crippen LogP contribution in [0.1, 0.15) is 130 Å². The second kappa shape index (κ2) is 19.0. The summed E-state index contributed by atoms with van der Waals surface area (Å²) >= 11 is 0. The molecule has 9 aromatic carbocycles. The first-order chi connectivity index (χ1) is 35.1. The van der Waals surface area contributed by atoms with E-state index in [1.54, 1.807) is 0 Å². The van der Waals surface area contributed by atoms with E-state index in [4.69, 9.17) is 0 Å². The van der Waals surface area contributed by atoms with Crippen molar-refractivity contribution in [2.45, 2.75) is 133 Å². The summed E-state index contributed by atoms with van der Waals surface area (Å²) in [6, 6.07) is 65.4. The number of benzene rings is 9. The number of hydrogen-bond acceptors (Lipinski definition) is 2. The Morgan fingerprint density at radius 2 is 0.797 bits per heavy atom. The van der Waals surface area contributed by atoms with Gasteiger partial charge in [0, 0.05) is 28.1 Å². The van der Waals surface area contributed by atoms with Crippen LogP contribution < -0.4 is 9.80 Å². The largest absolute Gasteiger partial charge is 0.333 e. The second-order valence-electron chi connectivity index (χ2n) is 24.6. The van der Waals surface area contributed by atoms with Crippen molar-refractivity contribution in [2.24, 2.45) is 0 Å². The standard InChI is InChI=1S/C72H76N2/c1-45-22-16-18-24-56(45)61-38-49(5)66(40-47(61)3)73(54-33-28-51(29-34-54)70(7,8)9)68-44-65-63-42-53(72(13,14)15)32-37-60(63)69(43-64(65)58-26-20-21-27-59(58)68)74(55-35-30-52(31-36-55)71(10,11)12)67-41-48(4)62(39-50(67)6)57-25-19-17-23-46(57)2/h16-43,68H,44H2,1-15H3. The maximum Gasteiger partial charge on any atom is 0.0638 e. The minimum absolute atomic E-state index is 0.00821. The molecule has 1 atom stereocenters. The zero-order valence-corrected chi connectivity index (χ0v) is 46.8. The highest BCUT2D eigenvalue weighted by Crippen LogP contribution is 2.53. The lowest BCUT2D eigenvalue weighted by atomic mass is 9.77. The van der Waals surface area contributed by atoms with Gasteiger partial charge in [0.25, 0.3) is 0 Å². The fourth-order valence-electron chi connectivity index (χ4n) is 11.7. The van der Waals surface area contributed by atoms with Crippen LogP contribution in [-0.4, -0.2) is 0 Å². The highest BCUT2D eigenvalue weighted by atomic mass is 15.2. The van der Waals surface area contributed by atoms with Gasteiger partial charge in [-0.05, 0) is 219 Å². The smallest absolute Gasteiger partial charge is 0.0638 e. The number of fused-ring (bicyclic) bond motifs is 5. The van der Waals surface area contributed by atoms with Gasteiger partial charge < -0.3 is 9.80 Å². The molecule has 10 rings (SSSR count). The third-order valence-corrected chi connectivity index (χ3v) is 16.1. The molecule has 0 spiro atoms. The van der Waals surface area contributed by atoms with Crippen molar-refractivity contribution < 1.29 is 0 Å². The Morgan fingerprint density at radius 1 is 0.338 bits per heavy atom. The average molecular weight is 969 g/mol. The van der Waals surface area contributed by atoms with Crippen molar-refractivity contribution in [1.29, 1.82) is 0 Å². The predicted molar refractivity (Wildman–Crippen MR) is 321 cm³/mol. The van der Waals surface area contributed by atoms with E-state index in [2.05, 4.69) is 284 Å². The number of rotatable bonds is 8. The molecule has 2 nitrogen and oxygen atoms in total. The number of aryl methyl sites for hydroxylation is 6. The fourth-order valence-corrected chi connectivity index (χ4v) is 11.7. The molecule has 0 saturated heterocycles. The van der Waals surface area contributed by atoms with Gasteiger partial charge in [0.15, 0.2) is 0 Å². The summed E-state index contributed by atoms with van der Waals surface area (Å²) in [4.78, 5) is 5.24. The summed E-state index contributed by atoms with van der Waals surface area (Å²) in [6.45, 7) is 34.5. The fraction of sp³-hybridized carbons (Fsp3) is 0.278. The lowest BCUT2D eigenvalue weighted by molar-refractivity contribution is 0.590. The first-order valence-electron chi connectivity index (χ1n) is 26.9. The van der Waals surface area contributed by atoms with Crippen LogP contribution in [0.15, 0.2) is 170 Å². The Balaban J connectivity index is 1.23. The molecule has 0 fully saturated rings. The Hall–Kier alpha value is -7.16. The van der Waals surface area contributed by atoms with Crippen LogP contribution >= 0.6 is 0 Å². The van der Waals surface area contributed by atoms with Gasteiger partial charge in [-0.2, -0.15) is 0 Å². The van der Waals surface area contributed by atoms with E-state index in [0.29, 0.717) is 0 Å². The Labute approximate surface area is 443 Å². The van der Waals surface area contributed by atoms with Gasteiger partial charge in [0.05, 0.1) is 11.7 Å². The zero-order chi connectivity index (χ0) is 52.6. The van der Waals surface area contributed by atoms with E-state index in [1.807, 2.05) is 0 Å². The average Bonchev–Trinajstić information content (AvgIpc) is 3.36. The monoisotopic (exact) mass is 969 g/mol. The van der Waals surface area contributed by atoms with Crippen LogP contribution in [0, 0.1) is 41.5 Å². The van der Waals surface area contributed by atoms with Crippen molar-refractivity contribution in [1.82, 2.24) is 0 Å². The third kappa shape index (κ3) is 9.27. The summed E-state index contributed by atoms with van der Waals surface area (Å²) in [5.74, 6) is 0. The maximum atomic E-state index is 2.68. The number of anilines is 5. The van der Waals surface area contributed by atoms with E-state index in [9.17, 15) is 0 Å². The summed E-state index contributed by atoms with van der Waals surface area (Å²) in [5.41, 5.74) is 28.1. The van der Waals surface area contributed by atoms with Gasteiger partial charge in [-0.3, -0.25) is 0 Å². The minimum Gasteiger partial charge on any atom is -0.333 e. The zero-order valence-electron chi connectivity index (χ0n) is 46.8. The third-order valence-electron chi connectivity index (χ3n) is 16.1. The molecular weight excluding hydrogens is 893 g/mol. The van der Waals surface area contributed by atoms with Gasteiger partial charge in [-0.1, -0.05) is 178 Å². The van der Waals surface area contributed by atoms with Gasteiger partial charge >= 0.3 is 0 Å². The number of nitrogens with zero attached hydrogens (tertiary/aromatic N) is 2. The van der Waals surface area contributed by atoms with E-state index >= 15 is 0 Å². The molecule has 0 bridgehead atoms. The molecule has 0 saturated carbocycles. The summed E-state index contributed by atoms with van der Waals surface area (Å²) in [6.07, 6.45) is 0.833. The van der Waals surface area contributed by atoms with Gasteiger partial charge in [0.1, 0.15) is 0 Å². The molecule has 0 radical (unpaired) electrons. The van der Waals surface area contributed by atoms with Crippen molar-refractivity contribution in [3.8, 4) is 33.4 Å². The molecule has 0 aliphatic heterocycles. The quantitative estimate of drug-likeness (QED) is 0.150. The molecule has 1 aliphatic rings. The van der Waals surface area contributed by atoms with E-state index in [1.165, 1.54) is 128 Å². The van der Waals surface area contributed by atoms with Gasteiger partial charge in [0.2, 0.25) is 0 Å². The van der Waals surface area contributed by atoms with Crippen LogP contribution in [0.2, 0.25) is 0 Å². The normalized spacial score (nSPS) is 13.7. The van der Waals surface area contributed by atoms with Crippen molar-refractivity contribution in [2.75, 3.05) is 9.80 Å². The molecule has 0 heterocycles. The topological polar surface area (TPSA) is 6.48 Å². The van der Waals surface area contributed by atoms with Gasteiger partial charge in [-0.25, -0.2) is 0 Å². The van der Waals surface area contributed by atoms with E-state index in [0.717, 1.165) is 12.1 Å². The molecular formula is C72H76N2. The highest BCUT2D eigenvalue weighted by Gasteiger charge is 2.35. The molecule has 0 aromatic heterocycles. The van der Waals surface area contributed by atoms with E-state index < -0.39 is 0 Å². The maximum absolute atomic E-state index is 2.68. The summed E-state index contributed by atoms with van der Waals surface area (Å²) in [7, 11) is 0. The molecule has 1 aliphatic carbocycles. The lowest BCUT2D eigenvalue weighted by Crippen LogP contribution is -2.29. The SMILES string of the molecule is Cc1ccccc1-c1cc(C)c(N(c2ccc(C(C)(C)C)cc2)c2cc3c(c4cc(C(C)(C)C)ccc24)CC(N(c2ccc(C(C)(C)C)cc2)c2cc(C)c(-c4ccccc4C)cc2C)c2ccccc2-3)cc1C. The van der Waals surface area contributed by atoms with Crippen LogP contribution in [0.4, 0.5) is 28.4 Å². The minimum atomic E-state index is -0.0566. The van der Waals surface area contributed by atoms with Crippen molar-refractivity contribution >= 4 is 39.2 Å². The first kappa shape index (κ1) is 50.4. The Bertz CT molecular complexity index is 3590. The first-order valence-corrected chi connectivity index (χ1v) is 26.9. The highest BCUT2D eigenvalue weighted by molar-refractivity contribution is 6.06. The van der Waals surface area contributed by atoms with E-state index in [-0.39, 0.29) is 22.3 Å². The predicted octanol–water partition coefficient (Wildman–Crippen LogP) is 20.5. The molecule has 0 amide bonds. The Kier molecular flexibility index (Phi) is 12.9. The van der Waals surface area contributed by atoms with Crippen molar-refractivity contribution in [3.05, 3.63) is 231 Å². The number of hydrogen-bond donors (Lipinski definition) is 0. The Morgan fingerprint density at radius 3 is 1.32 bits per heavy atom. The molecule has 9 aromatic rings. The molecule has 374 valence electrons. The van der Waals surface area contributed by atoms with Crippen molar-refractivity contribution in [3.63, 3.8) is 0 Å². The van der Waals surface area contributed by atoms with Crippen LogP contribution in [0.25, 0.3) is 44.2 Å². The molecule has 1 unspecified atom stereocenters. The lowest BCUT2D eigenvalue weighted by Gasteiger charge is -2.41. The van der Waals surface area contributed by atoms with Crippen LogP contribution in [-0.2, 0) is 22.7 Å². The molecule has 74 heavy (non-hydrogen) atoms.